The van der Waals surface area contributed by atoms with E-state index in [2.05, 4.69) is 86.8 Å². The molecule has 0 fully saturated rings. The summed E-state index contributed by atoms with van der Waals surface area (Å²) in [6.07, 6.45) is 56.8. The monoisotopic (exact) mass is 869 g/mol. The van der Waals surface area contributed by atoms with Crippen LogP contribution in [0.15, 0.2) is 72.9 Å². The number of hydrogen-bond donors (Lipinski definition) is 1. The van der Waals surface area contributed by atoms with Crippen molar-refractivity contribution in [2.75, 3.05) is 41.0 Å². The number of unbranched alkanes of at least 4 members (excludes halogenated alkanes) is 18. The van der Waals surface area contributed by atoms with Crippen LogP contribution < -0.4 is 0 Å². The van der Waals surface area contributed by atoms with Gasteiger partial charge in [0.05, 0.1) is 34.4 Å². The van der Waals surface area contributed by atoms with E-state index >= 15 is 0 Å². The smallest absolute Gasteiger partial charge is 0.362 e. The molecule has 356 valence electrons. The van der Waals surface area contributed by atoms with Crippen LogP contribution in [0.2, 0.25) is 0 Å². The van der Waals surface area contributed by atoms with Crippen LogP contribution in [0.5, 0.6) is 0 Å². The average molecular weight is 869 g/mol. The van der Waals surface area contributed by atoms with Crippen molar-refractivity contribution in [3.8, 4) is 0 Å². The lowest BCUT2D eigenvalue weighted by Gasteiger charge is -2.31. The zero-order valence-electron chi connectivity index (χ0n) is 40.6. The van der Waals surface area contributed by atoms with Crippen molar-refractivity contribution in [1.29, 1.82) is 0 Å². The lowest BCUT2D eigenvalue weighted by atomic mass is 10.1. The average Bonchev–Trinajstić information content (AvgIpc) is 3.23. The van der Waals surface area contributed by atoms with E-state index in [4.69, 9.17) is 14.2 Å². The number of hydrogen-bond acceptors (Lipinski definition) is 6. The Balaban J connectivity index is 4.35. The van der Waals surface area contributed by atoms with Crippen LogP contribution in [0.3, 0.4) is 0 Å². The second kappa shape index (κ2) is 44.4. The molecule has 0 rings (SSSR count). The molecule has 0 saturated heterocycles. The van der Waals surface area contributed by atoms with Crippen molar-refractivity contribution in [3.05, 3.63) is 72.9 Å². The highest BCUT2D eigenvalue weighted by atomic mass is 16.6. The molecule has 0 aromatic carbocycles. The summed E-state index contributed by atoms with van der Waals surface area (Å²) < 4.78 is 17.3. The summed E-state index contributed by atoms with van der Waals surface area (Å²) in [6, 6.07) is -0.627. The zero-order chi connectivity index (χ0) is 45.6. The van der Waals surface area contributed by atoms with Crippen LogP contribution in [0.1, 0.15) is 200 Å². The van der Waals surface area contributed by atoms with Crippen LogP contribution in [0.25, 0.3) is 0 Å². The predicted molar refractivity (Wildman–Crippen MR) is 261 cm³/mol. The number of aliphatic carboxylic acids is 1. The summed E-state index contributed by atoms with van der Waals surface area (Å²) >= 11 is 0. The summed E-state index contributed by atoms with van der Waals surface area (Å²) in [5, 5.41) is 9.64. The van der Waals surface area contributed by atoms with E-state index in [9.17, 15) is 19.5 Å². The van der Waals surface area contributed by atoms with Gasteiger partial charge in [-0.05, 0) is 77.0 Å². The van der Waals surface area contributed by atoms with Gasteiger partial charge in [-0.25, -0.2) is 4.79 Å². The number of carbonyl (C=O) groups is 3. The number of allylic oxidation sites excluding steroid dienone is 12. The van der Waals surface area contributed by atoms with E-state index < -0.39 is 18.1 Å². The number of ether oxygens (including phenoxy) is 3. The molecule has 0 aliphatic rings. The molecule has 0 radical (unpaired) electrons. The van der Waals surface area contributed by atoms with Gasteiger partial charge in [0.15, 0.2) is 12.1 Å². The SMILES string of the molecule is CC/C=C/C/C=C/C/C=C/C/C=C/C/C=C/CCCC(=O)OCC(COCCC(C(=O)O)[N+](C)(C)C)OC(=O)CCCCCCCCC/C=C/CCCCCCCCCCCC. The topological polar surface area (TPSA) is 99.1 Å². The first-order chi connectivity index (χ1) is 30.1. The first-order valence-electron chi connectivity index (χ1n) is 25.0. The molecule has 0 heterocycles. The van der Waals surface area contributed by atoms with Crippen molar-refractivity contribution in [2.24, 2.45) is 0 Å². The maximum Gasteiger partial charge on any atom is 0.362 e. The Hall–Kier alpha value is -3.23. The van der Waals surface area contributed by atoms with Crippen molar-refractivity contribution >= 4 is 17.9 Å². The van der Waals surface area contributed by atoms with Gasteiger partial charge in [-0.1, -0.05) is 177 Å². The Morgan fingerprint density at radius 2 is 0.919 bits per heavy atom. The van der Waals surface area contributed by atoms with Gasteiger partial charge in [0.1, 0.15) is 6.61 Å². The second-order valence-corrected chi connectivity index (χ2v) is 17.7. The Morgan fingerprint density at radius 3 is 1.40 bits per heavy atom. The molecular weight excluding hydrogens is 775 g/mol. The van der Waals surface area contributed by atoms with Crippen LogP contribution in [0, 0.1) is 0 Å². The van der Waals surface area contributed by atoms with Crippen molar-refractivity contribution in [2.45, 2.75) is 212 Å². The van der Waals surface area contributed by atoms with E-state index in [0.717, 1.165) is 57.8 Å². The summed E-state index contributed by atoms with van der Waals surface area (Å²) in [7, 11) is 5.51. The lowest BCUT2D eigenvalue weighted by Crippen LogP contribution is -2.50. The number of carboxylic acid groups (broad SMARTS) is 1. The second-order valence-electron chi connectivity index (χ2n) is 17.7. The number of rotatable bonds is 44. The van der Waals surface area contributed by atoms with E-state index in [1.807, 2.05) is 21.1 Å². The first kappa shape index (κ1) is 58.8. The molecule has 0 aromatic rings. The maximum atomic E-state index is 12.8. The normalized spacial score (nSPS) is 13.5. The van der Waals surface area contributed by atoms with Crippen LogP contribution in [-0.2, 0) is 28.6 Å². The highest BCUT2D eigenvalue weighted by Gasteiger charge is 2.31. The van der Waals surface area contributed by atoms with Crippen LogP contribution >= 0.6 is 0 Å². The number of carboxylic acids is 1. The van der Waals surface area contributed by atoms with E-state index in [1.165, 1.54) is 103 Å². The third-order valence-electron chi connectivity index (χ3n) is 10.8. The minimum absolute atomic E-state index is 0.0387. The van der Waals surface area contributed by atoms with E-state index in [-0.39, 0.29) is 42.7 Å². The van der Waals surface area contributed by atoms with Gasteiger partial charge in [-0.2, -0.15) is 0 Å². The van der Waals surface area contributed by atoms with Gasteiger partial charge in [0.2, 0.25) is 0 Å². The Bertz CT molecular complexity index is 1240. The first-order valence-corrected chi connectivity index (χ1v) is 25.0. The molecule has 2 atom stereocenters. The molecule has 0 spiro atoms. The third kappa shape index (κ3) is 42.1. The van der Waals surface area contributed by atoms with Gasteiger partial charge < -0.3 is 23.8 Å². The number of esters is 2. The van der Waals surface area contributed by atoms with Crippen molar-refractivity contribution in [1.82, 2.24) is 0 Å². The fraction of sp³-hybridized carbons (Fsp3) is 0.722. The van der Waals surface area contributed by atoms with E-state index in [1.54, 1.807) is 0 Å². The highest BCUT2D eigenvalue weighted by Crippen LogP contribution is 2.14. The standard InChI is InChI=1S/C54H93NO7/c1-6-8-10-12-14-16-18-20-22-24-25-26-27-29-31-33-35-37-39-41-43-45-53(57)62-50(48-60-47-46-51(54(58)59)55(3,4)5)49-61-52(56)44-42-40-38-36-34-32-30-28-23-21-19-17-15-13-11-9-7-2/h9,11,15,17,21,23,26-27,30,32,36,38,50-51H,6-8,10,12-14,16,18-20,22,24-25,28-29,31,33-35,37,39-49H2,1-5H3/p+1/b11-9+,17-15+,23-21+,27-26+,32-30+,38-36+. The summed E-state index contributed by atoms with van der Waals surface area (Å²) in [5.41, 5.74) is 0. The molecule has 0 saturated carbocycles. The van der Waals surface area contributed by atoms with Gasteiger partial charge in [0, 0.05) is 19.3 Å². The van der Waals surface area contributed by atoms with Crippen LogP contribution in [-0.4, -0.2) is 80.6 Å². The summed E-state index contributed by atoms with van der Waals surface area (Å²) in [5.74, 6) is -1.55. The molecular formula is C54H94NO7+. The van der Waals surface area contributed by atoms with E-state index in [0.29, 0.717) is 19.3 Å². The number of nitrogens with zero attached hydrogens (tertiary/aromatic N) is 1. The van der Waals surface area contributed by atoms with Crippen molar-refractivity contribution in [3.63, 3.8) is 0 Å². The third-order valence-corrected chi connectivity index (χ3v) is 10.8. The highest BCUT2D eigenvalue weighted by molar-refractivity contribution is 5.72. The zero-order valence-corrected chi connectivity index (χ0v) is 40.6. The maximum absolute atomic E-state index is 12.8. The summed E-state index contributed by atoms with van der Waals surface area (Å²) in [4.78, 5) is 37.1. The molecule has 1 N–H and O–H groups in total. The Morgan fingerprint density at radius 1 is 0.500 bits per heavy atom. The number of quaternary nitrogens is 1. The molecule has 0 bridgehead atoms. The predicted octanol–water partition coefficient (Wildman–Crippen LogP) is 14.3. The largest absolute Gasteiger partial charge is 0.477 e. The summed E-state index contributed by atoms with van der Waals surface area (Å²) in [6.45, 7) is 4.57. The Kier molecular flexibility index (Phi) is 42.1. The fourth-order valence-corrected chi connectivity index (χ4v) is 7.00. The molecule has 62 heavy (non-hydrogen) atoms. The Labute approximate surface area is 381 Å². The molecule has 2 unspecified atom stereocenters. The van der Waals surface area contributed by atoms with Gasteiger partial charge >= 0.3 is 17.9 Å². The molecule has 0 aliphatic heterocycles. The minimum Gasteiger partial charge on any atom is -0.477 e. The fourth-order valence-electron chi connectivity index (χ4n) is 7.00. The molecule has 8 heteroatoms. The number of carbonyl (C=O) groups excluding carboxylic acids is 2. The molecule has 0 aliphatic carbocycles. The quantitative estimate of drug-likeness (QED) is 0.0282. The lowest BCUT2D eigenvalue weighted by molar-refractivity contribution is -0.887. The van der Waals surface area contributed by atoms with Gasteiger partial charge in [-0.15, -0.1) is 0 Å². The molecule has 0 aromatic heterocycles. The van der Waals surface area contributed by atoms with Gasteiger partial charge in [-0.3, -0.25) is 9.59 Å². The number of likely N-dealkylation sites (N-methyl/N-ethyl adjacent to an activating group) is 1. The molecule has 8 nitrogen and oxygen atoms in total. The molecule has 0 amide bonds. The van der Waals surface area contributed by atoms with Crippen LogP contribution in [0.4, 0.5) is 0 Å². The van der Waals surface area contributed by atoms with Crippen molar-refractivity contribution < 1.29 is 38.2 Å². The van der Waals surface area contributed by atoms with Gasteiger partial charge in [0.25, 0.3) is 0 Å². The minimum atomic E-state index is -0.884.